The summed E-state index contributed by atoms with van der Waals surface area (Å²) in [4.78, 5) is 15.0. The second kappa shape index (κ2) is 9.24. The zero-order valence-corrected chi connectivity index (χ0v) is 17.8. The summed E-state index contributed by atoms with van der Waals surface area (Å²) >= 11 is 0. The molecule has 3 heterocycles. The van der Waals surface area contributed by atoms with Crippen LogP contribution in [0.1, 0.15) is 49.1 Å². The van der Waals surface area contributed by atoms with Crippen LogP contribution < -0.4 is 0 Å². The fourth-order valence-corrected chi connectivity index (χ4v) is 4.29. The highest BCUT2D eigenvalue weighted by molar-refractivity contribution is 5.77. The van der Waals surface area contributed by atoms with Crippen molar-refractivity contribution in [3.8, 4) is 11.3 Å². The molecule has 0 bridgehead atoms. The lowest BCUT2D eigenvalue weighted by atomic mass is 9.98. The summed E-state index contributed by atoms with van der Waals surface area (Å²) in [5.74, 6) is 1.04. The van der Waals surface area contributed by atoms with Gasteiger partial charge in [0, 0.05) is 36.7 Å². The van der Waals surface area contributed by atoms with Gasteiger partial charge in [0.1, 0.15) is 11.5 Å². The van der Waals surface area contributed by atoms with Crippen molar-refractivity contribution in [2.75, 3.05) is 6.54 Å². The minimum absolute atomic E-state index is 0.225. The zero-order valence-electron chi connectivity index (χ0n) is 17.8. The molecule has 0 radical (unpaired) electrons. The highest BCUT2D eigenvalue weighted by Gasteiger charge is 2.26. The van der Waals surface area contributed by atoms with E-state index in [4.69, 9.17) is 4.52 Å². The Morgan fingerprint density at radius 1 is 1.20 bits per heavy atom. The highest BCUT2D eigenvalue weighted by Crippen LogP contribution is 2.23. The third kappa shape index (κ3) is 4.61. The number of likely N-dealkylation sites (tertiary alicyclic amines) is 1. The standard InChI is InChI=1S/C23H29N5O2/c1-17-21(18(2)30-25-17)11-12-23(29)28-14-7-6-10-20(28)13-15-27-16-22(24-26-27)19-8-4-3-5-9-19/h3-5,8-9,16,20H,6-7,10-15H2,1-2H3. The molecule has 2 aromatic heterocycles. The Morgan fingerprint density at radius 2 is 2.03 bits per heavy atom. The first-order chi connectivity index (χ1) is 14.6. The molecular weight excluding hydrogens is 378 g/mol. The van der Waals surface area contributed by atoms with Gasteiger partial charge >= 0.3 is 0 Å². The van der Waals surface area contributed by atoms with E-state index >= 15 is 0 Å². The summed E-state index contributed by atoms with van der Waals surface area (Å²) in [6.45, 7) is 5.45. The monoisotopic (exact) mass is 407 g/mol. The molecule has 0 N–H and O–H groups in total. The molecule has 1 aromatic carbocycles. The number of carbonyl (C=O) groups excluding carboxylic acids is 1. The van der Waals surface area contributed by atoms with E-state index in [1.165, 1.54) is 6.42 Å². The van der Waals surface area contributed by atoms with Crippen LogP contribution in [-0.2, 0) is 17.8 Å². The predicted molar refractivity (Wildman–Crippen MR) is 114 cm³/mol. The van der Waals surface area contributed by atoms with E-state index in [0.717, 1.165) is 60.6 Å². The number of hydrogen-bond acceptors (Lipinski definition) is 5. The van der Waals surface area contributed by atoms with Crippen LogP contribution in [-0.4, -0.2) is 43.5 Å². The Bertz CT molecular complexity index is 959. The summed E-state index contributed by atoms with van der Waals surface area (Å²) in [7, 11) is 0. The minimum atomic E-state index is 0.225. The third-order valence-corrected chi connectivity index (χ3v) is 6.02. The largest absolute Gasteiger partial charge is 0.361 e. The molecule has 1 aliphatic rings. The average Bonchev–Trinajstić information content (AvgIpc) is 3.38. The molecule has 0 aliphatic carbocycles. The Hall–Kier alpha value is -2.96. The second-order valence-corrected chi connectivity index (χ2v) is 8.06. The molecule has 0 spiro atoms. The molecule has 3 aromatic rings. The summed E-state index contributed by atoms with van der Waals surface area (Å²) in [5, 5.41) is 12.6. The number of amides is 1. The first-order valence-electron chi connectivity index (χ1n) is 10.8. The van der Waals surface area contributed by atoms with Gasteiger partial charge in [-0.05, 0) is 46.0 Å². The Labute approximate surface area is 177 Å². The molecule has 158 valence electrons. The molecule has 7 nitrogen and oxygen atoms in total. The average molecular weight is 408 g/mol. The number of hydrogen-bond donors (Lipinski definition) is 0. The van der Waals surface area contributed by atoms with Crippen molar-refractivity contribution in [2.45, 2.75) is 65.0 Å². The molecule has 1 aliphatic heterocycles. The number of aromatic nitrogens is 4. The van der Waals surface area contributed by atoms with Gasteiger partial charge in [-0.15, -0.1) is 5.10 Å². The molecule has 4 rings (SSSR count). The highest BCUT2D eigenvalue weighted by atomic mass is 16.5. The van der Waals surface area contributed by atoms with Crippen molar-refractivity contribution >= 4 is 5.91 Å². The van der Waals surface area contributed by atoms with Crippen molar-refractivity contribution in [3.63, 3.8) is 0 Å². The summed E-state index contributed by atoms with van der Waals surface area (Å²) in [5.41, 5.74) is 3.90. The SMILES string of the molecule is Cc1noc(C)c1CCC(=O)N1CCCCC1CCn1cc(-c2ccccc2)nn1. The van der Waals surface area contributed by atoms with Crippen molar-refractivity contribution in [1.29, 1.82) is 0 Å². The Kier molecular flexibility index (Phi) is 6.26. The molecule has 30 heavy (non-hydrogen) atoms. The predicted octanol–water partition coefficient (Wildman–Crippen LogP) is 3.95. The zero-order chi connectivity index (χ0) is 20.9. The van der Waals surface area contributed by atoms with E-state index in [1.54, 1.807) is 0 Å². The van der Waals surface area contributed by atoms with Gasteiger partial charge < -0.3 is 9.42 Å². The van der Waals surface area contributed by atoms with Gasteiger partial charge in [0.05, 0.1) is 11.9 Å². The molecule has 7 heteroatoms. The summed E-state index contributed by atoms with van der Waals surface area (Å²) in [6, 6.07) is 10.3. The Balaban J connectivity index is 1.34. The van der Waals surface area contributed by atoms with Crippen molar-refractivity contribution in [2.24, 2.45) is 0 Å². The van der Waals surface area contributed by atoms with Crippen LogP contribution in [0.5, 0.6) is 0 Å². The molecule has 1 amide bonds. The maximum atomic E-state index is 13.0. The lowest BCUT2D eigenvalue weighted by Gasteiger charge is -2.36. The topological polar surface area (TPSA) is 77.0 Å². The Morgan fingerprint density at radius 3 is 2.80 bits per heavy atom. The van der Waals surface area contributed by atoms with Crippen molar-refractivity contribution < 1.29 is 9.32 Å². The fraction of sp³-hybridized carbons (Fsp3) is 0.478. The molecule has 1 unspecified atom stereocenters. The van der Waals surface area contributed by atoms with E-state index in [2.05, 4.69) is 20.4 Å². The lowest BCUT2D eigenvalue weighted by molar-refractivity contribution is -0.135. The number of rotatable bonds is 7. The van der Waals surface area contributed by atoms with Crippen LogP contribution in [0.25, 0.3) is 11.3 Å². The molecule has 1 fully saturated rings. The second-order valence-electron chi connectivity index (χ2n) is 8.06. The van der Waals surface area contributed by atoms with E-state index < -0.39 is 0 Å². The van der Waals surface area contributed by atoms with E-state index in [0.29, 0.717) is 12.8 Å². The van der Waals surface area contributed by atoms with Gasteiger partial charge in [0.25, 0.3) is 0 Å². The van der Waals surface area contributed by atoms with Crippen LogP contribution in [0.4, 0.5) is 0 Å². The van der Waals surface area contributed by atoms with Gasteiger partial charge in [0.2, 0.25) is 5.91 Å². The fourth-order valence-electron chi connectivity index (χ4n) is 4.29. The number of benzene rings is 1. The summed E-state index contributed by atoms with van der Waals surface area (Å²) in [6.07, 6.45) is 7.38. The smallest absolute Gasteiger partial charge is 0.223 e. The summed E-state index contributed by atoms with van der Waals surface area (Å²) < 4.78 is 7.12. The van der Waals surface area contributed by atoms with Crippen LogP contribution in [0.2, 0.25) is 0 Å². The molecular formula is C23H29N5O2. The van der Waals surface area contributed by atoms with E-state index in [9.17, 15) is 4.79 Å². The third-order valence-electron chi connectivity index (χ3n) is 6.02. The van der Waals surface area contributed by atoms with Gasteiger partial charge in [0.15, 0.2) is 0 Å². The van der Waals surface area contributed by atoms with Crippen LogP contribution in [0, 0.1) is 13.8 Å². The first-order valence-corrected chi connectivity index (χ1v) is 10.8. The van der Waals surface area contributed by atoms with Crippen molar-refractivity contribution in [1.82, 2.24) is 25.1 Å². The van der Waals surface area contributed by atoms with Crippen LogP contribution >= 0.6 is 0 Å². The number of nitrogens with zero attached hydrogens (tertiary/aromatic N) is 5. The number of carbonyl (C=O) groups is 1. The van der Waals surface area contributed by atoms with Gasteiger partial charge in [-0.25, -0.2) is 0 Å². The van der Waals surface area contributed by atoms with E-state index in [1.807, 2.05) is 55.1 Å². The quantitative estimate of drug-likeness (QED) is 0.593. The minimum Gasteiger partial charge on any atom is -0.361 e. The van der Waals surface area contributed by atoms with Crippen molar-refractivity contribution in [3.05, 3.63) is 53.5 Å². The molecule has 1 saturated heterocycles. The maximum Gasteiger partial charge on any atom is 0.223 e. The van der Waals surface area contributed by atoms with E-state index in [-0.39, 0.29) is 11.9 Å². The van der Waals surface area contributed by atoms with Gasteiger partial charge in [-0.2, -0.15) is 0 Å². The van der Waals surface area contributed by atoms with Gasteiger partial charge in [-0.3, -0.25) is 9.48 Å². The lowest BCUT2D eigenvalue weighted by Crippen LogP contribution is -2.44. The molecule has 1 atom stereocenters. The first kappa shape index (κ1) is 20.3. The van der Waals surface area contributed by atoms with Gasteiger partial charge in [-0.1, -0.05) is 40.7 Å². The normalized spacial score (nSPS) is 16.7. The number of aryl methyl sites for hydroxylation is 3. The van der Waals surface area contributed by atoms with Crippen LogP contribution in [0.15, 0.2) is 41.1 Å². The van der Waals surface area contributed by atoms with Crippen LogP contribution in [0.3, 0.4) is 0 Å². The molecule has 0 saturated carbocycles. The number of piperidine rings is 1. The maximum absolute atomic E-state index is 13.0.